The minimum Gasteiger partial charge on any atom is -0.490 e. The Bertz CT molecular complexity index is 964. The van der Waals surface area contributed by atoms with Gasteiger partial charge < -0.3 is 24.3 Å². The number of amides is 2. The second-order valence-corrected chi connectivity index (χ2v) is 8.76. The molecular weight excluding hydrogens is 430 g/mol. The second kappa shape index (κ2) is 10.7. The molecule has 2 aliphatic heterocycles. The van der Waals surface area contributed by atoms with Crippen molar-refractivity contribution in [2.45, 2.75) is 57.3 Å². The first-order chi connectivity index (χ1) is 15.6. The van der Waals surface area contributed by atoms with Crippen LogP contribution in [0.15, 0.2) is 23.4 Å². The van der Waals surface area contributed by atoms with Crippen molar-refractivity contribution in [3.05, 3.63) is 24.0 Å². The number of thioether (sulfide) groups is 1. The van der Waals surface area contributed by atoms with Crippen molar-refractivity contribution >= 4 is 29.3 Å². The number of anilines is 1. The van der Waals surface area contributed by atoms with Crippen molar-refractivity contribution in [3.8, 4) is 11.5 Å². The summed E-state index contributed by atoms with van der Waals surface area (Å²) in [5.41, 5.74) is 0.664. The number of rotatable bonds is 7. The quantitative estimate of drug-likeness (QED) is 0.635. The first kappa shape index (κ1) is 22.4. The van der Waals surface area contributed by atoms with Crippen molar-refractivity contribution in [2.75, 3.05) is 30.8 Å². The zero-order valence-corrected chi connectivity index (χ0v) is 19.2. The predicted octanol–water partition coefficient (Wildman–Crippen LogP) is 3.09. The maximum Gasteiger partial charge on any atom is 0.234 e. The highest BCUT2D eigenvalue weighted by atomic mass is 32.2. The molecule has 0 atom stereocenters. The molecule has 0 bridgehead atoms. The van der Waals surface area contributed by atoms with Crippen molar-refractivity contribution in [2.24, 2.45) is 0 Å². The van der Waals surface area contributed by atoms with Gasteiger partial charge in [-0.3, -0.25) is 9.59 Å². The molecule has 1 aromatic carbocycles. The summed E-state index contributed by atoms with van der Waals surface area (Å²) in [4.78, 5) is 26.7. The van der Waals surface area contributed by atoms with Gasteiger partial charge in [0.25, 0.3) is 0 Å². The topological polar surface area (TPSA) is 98.6 Å². The van der Waals surface area contributed by atoms with E-state index in [4.69, 9.17) is 9.47 Å². The van der Waals surface area contributed by atoms with Gasteiger partial charge in [0.2, 0.25) is 11.8 Å². The van der Waals surface area contributed by atoms with Crippen molar-refractivity contribution in [1.82, 2.24) is 19.7 Å². The van der Waals surface area contributed by atoms with Gasteiger partial charge in [0.1, 0.15) is 0 Å². The number of benzene rings is 1. The Kier molecular flexibility index (Phi) is 7.51. The SMILES string of the molecule is CCn1c(CN2CCCCCC2=O)nnc1SCC(=O)Nc1ccc2c(c1)OCCCO2. The Labute approximate surface area is 191 Å². The Morgan fingerprint density at radius 3 is 2.81 bits per heavy atom. The molecule has 1 saturated heterocycles. The fourth-order valence-electron chi connectivity index (χ4n) is 3.81. The minimum absolute atomic E-state index is 0.139. The van der Waals surface area contributed by atoms with E-state index < -0.39 is 0 Å². The monoisotopic (exact) mass is 459 g/mol. The number of hydrogen-bond donors (Lipinski definition) is 1. The molecule has 32 heavy (non-hydrogen) atoms. The average molecular weight is 460 g/mol. The molecule has 4 rings (SSSR count). The summed E-state index contributed by atoms with van der Waals surface area (Å²) in [5.74, 6) is 2.34. The number of carbonyl (C=O) groups is 2. The zero-order valence-electron chi connectivity index (χ0n) is 18.3. The van der Waals surface area contributed by atoms with E-state index in [1.54, 1.807) is 12.1 Å². The summed E-state index contributed by atoms with van der Waals surface area (Å²) in [7, 11) is 0. The van der Waals surface area contributed by atoms with Gasteiger partial charge in [-0.15, -0.1) is 10.2 Å². The fourth-order valence-corrected chi connectivity index (χ4v) is 4.63. The number of carbonyl (C=O) groups excluding carboxylic acids is 2. The number of nitrogens with one attached hydrogen (secondary N) is 1. The summed E-state index contributed by atoms with van der Waals surface area (Å²) < 4.78 is 13.3. The molecular formula is C22H29N5O4S. The molecule has 2 aliphatic rings. The van der Waals surface area contributed by atoms with Gasteiger partial charge >= 0.3 is 0 Å². The molecule has 2 amide bonds. The number of aromatic nitrogens is 3. The molecule has 172 valence electrons. The van der Waals surface area contributed by atoms with Crippen LogP contribution in [0.2, 0.25) is 0 Å². The highest BCUT2D eigenvalue weighted by molar-refractivity contribution is 7.99. The molecule has 2 aromatic rings. The molecule has 9 nitrogen and oxygen atoms in total. The normalized spacial score (nSPS) is 16.4. The van der Waals surface area contributed by atoms with Crippen LogP contribution in [0.1, 0.15) is 44.9 Å². The first-order valence-corrected chi connectivity index (χ1v) is 12.1. The summed E-state index contributed by atoms with van der Waals surface area (Å²) in [6.07, 6.45) is 4.49. The van der Waals surface area contributed by atoms with Crippen molar-refractivity contribution in [3.63, 3.8) is 0 Å². The molecule has 10 heteroatoms. The van der Waals surface area contributed by atoms with E-state index in [0.717, 1.165) is 38.1 Å². The highest BCUT2D eigenvalue weighted by Crippen LogP contribution is 2.32. The van der Waals surface area contributed by atoms with E-state index in [-0.39, 0.29) is 17.6 Å². The molecule has 1 N–H and O–H groups in total. The van der Waals surface area contributed by atoms with Gasteiger partial charge in [0, 0.05) is 37.7 Å². The van der Waals surface area contributed by atoms with Gasteiger partial charge in [-0.25, -0.2) is 0 Å². The van der Waals surface area contributed by atoms with E-state index in [1.807, 2.05) is 22.5 Å². The summed E-state index contributed by atoms with van der Waals surface area (Å²) >= 11 is 1.34. The minimum atomic E-state index is -0.139. The van der Waals surface area contributed by atoms with Crippen molar-refractivity contribution in [1.29, 1.82) is 0 Å². The molecule has 0 radical (unpaired) electrons. The lowest BCUT2D eigenvalue weighted by molar-refractivity contribution is -0.131. The van der Waals surface area contributed by atoms with Crippen LogP contribution in [0.5, 0.6) is 11.5 Å². The average Bonchev–Trinajstić information content (AvgIpc) is 2.92. The van der Waals surface area contributed by atoms with Crippen LogP contribution < -0.4 is 14.8 Å². The van der Waals surface area contributed by atoms with Crippen LogP contribution in [0.4, 0.5) is 5.69 Å². The van der Waals surface area contributed by atoms with E-state index in [1.165, 1.54) is 11.8 Å². The Hall–Kier alpha value is -2.75. The lowest BCUT2D eigenvalue weighted by atomic mass is 10.2. The second-order valence-electron chi connectivity index (χ2n) is 7.82. The molecule has 0 unspecified atom stereocenters. The number of fused-ring (bicyclic) bond motifs is 1. The zero-order chi connectivity index (χ0) is 22.3. The third-order valence-corrected chi connectivity index (χ3v) is 6.44. The maximum atomic E-state index is 12.5. The molecule has 1 aromatic heterocycles. The highest BCUT2D eigenvalue weighted by Gasteiger charge is 2.21. The molecule has 0 spiro atoms. The Morgan fingerprint density at radius 2 is 1.97 bits per heavy atom. The molecule has 3 heterocycles. The fraction of sp³-hybridized carbons (Fsp3) is 0.545. The van der Waals surface area contributed by atoms with Crippen LogP contribution in [0.25, 0.3) is 0 Å². The number of nitrogens with zero attached hydrogens (tertiary/aromatic N) is 4. The standard InChI is InChI=1S/C22H29N5O4S/c1-2-27-19(14-26-10-5-3-4-7-21(26)29)24-25-22(27)32-15-20(28)23-16-8-9-17-18(13-16)31-12-6-11-30-17/h8-9,13H,2-7,10-12,14-15H2,1H3,(H,23,28). The Morgan fingerprint density at radius 1 is 1.12 bits per heavy atom. The maximum absolute atomic E-state index is 12.5. The van der Waals surface area contributed by atoms with E-state index >= 15 is 0 Å². The van der Waals surface area contributed by atoms with Crippen LogP contribution in [-0.2, 0) is 22.7 Å². The van der Waals surface area contributed by atoms with E-state index in [9.17, 15) is 9.59 Å². The molecule has 0 aliphatic carbocycles. The van der Waals surface area contributed by atoms with Gasteiger partial charge in [0.15, 0.2) is 22.5 Å². The van der Waals surface area contributed by atoms with Crippen LogP contribution in [-0.4, -0.2) is 57.0 Å². The van der Waals surface area contributed by atoms with Crippen molar-refractivity contribution < 1.29 is 19.1 Å². The van der Waals surface area contributed by atoms with Gasteiger partial charge in [-0.1, -0.05) is 18.2 Å². The molecule has 0 saturated carbocycles. The third-order valence-electron chi connectivity index (χ3n) is 5.48. The number of ether oxygens (including phenoxy) is 2. The van der Waals surface area contributed by atoms with E-state index in [2.05, 4.69) is 15.5 Å². The van der Waals surface area contributed by atoms with Gasteiger partial charge in [0.05, 0.1) is 25.5 Å². The third kappa shape index (κ3) is 5.53. The van der Waals surface area contributed by atoms with Gasteiger partial charge in [-0.05, 0) is 31.9 Å². The summed E-state index contributed by atoms with van der Waals surface area (Å²) in [6, 6.07) is 5.41. The Balaban J connectivity index is 1.35. The van der Waals surface area contributed by atoms with Crippen LogP contribution in [0.3, 0.4) is 0 Å². The van der Waals surface area contributed by atoms with Gasteiger partial charge in [-0.2, -0.15) is 0 Å². The van der Waals surface area contributed by atoms with Crippen LogP contribution in [0, 0.1) is 0 Å². The smallest absolute Gasteiger partial charge is 0.234 e. The lowest BCUT2D eigenvalue weighted by Gasteiger charge is -2.20. The predicted molar refractivity (Wildman–Crippen MR) is 121 cm³/mol. The van der Waals surface area contributed by atoms with E-state index in [0.29, 0.717) is 55.1 Å². The van der Waals surface area contributed by atoms with Crippen LogP contribution >= 0.6 is 11.8 Å². The lowest BCUT2D eigenvalue weighted by Crippen LogP contribution is -2.31. The first-order valence-electron chi connectivity index (χ1n) is 11.2. The number of likely N-dealkylation sites (tertiary alicyclic amines) is 1. The molecule has 1 fully saturated rings. The largest absolute Gasteiger partial charge is 0.490 e. The number of hydrogen-bond acceptors (Lipinski definition) is 7. The summed E-state index contributed by atoms with van der Waals surface area (Å²) in [6.45, 7) is 5.13. The summed E-state index contributed by atoms with van der Waals surface area (Å²) in [5, 5.41) is 12.1.